The monoisotopic (exact) mass is 485 g/mol. The third-order valence-electron chi connectivity index (χ3n) is 6.40. The highest BCUT2D eigenvalue weighted by atomic mass is 32.1. The fraction of sp³-hybridized carbons (Fsp3) is 0.259. The lowest BCUT2D eigenvalue weighted by Crippen LogP contribution is -2.28. The number of benzene rings is 2. The highest BCUT2D eigenvalue weighted by molar-refractivity contribution is 7.12. The zero-order valence-electron chi connectivity index (χ0n) is 20.2. The second-order valence-corrected chi connectivity index (χ2v) is 9.96. The van der Waals surface area contributed by atoms with Crippen LogP contribution in [-0.4, -0.2) is 33.1 Å². The molecular weight excluding hydrogens is 458 g/mol. The SMILES string of the molecule is Cc1ccc(-c2csc(-n3nc(C)cc3NC(=O)[C@@H]3CC(=O)N(c4ccc(C)c(C)c4)C3)n2)cc1. The largest absolute Gasteiger partial charge is 0.312 e. The molecule has 0 saturated carbocycles. The van der Waals surface area contributed by atoms with Gasteiger partial charge in [0.15, 0.2) is 0 Å². The molecule has 178 valence electrons. The van der Waals surface area contributed by atoms with Crippen LogP contribution in [0.25, 0.3) is 16.4 Å². The first-order chi connectivity index (χ1) is 16.8. The van der Waals surface area contributed by atoms with Gasteiger partial charge in [-0.15, -0.1) is 11.3 Å². The molecular formula is C27H27N5O2S. The van der Waals surface area contributed by atoms with E-state index in [0.717, 1.165) is 28.2 Å². The van der Waals surface area contributed by atoms with E-state index in [2.05, 4.69) is 29.5 Å². The molecule has 1 aliphatic rings. The fourth-order valence-corrected chi connectivity index (χ4v) is 5.00. The number of hydrogen-bond donors (Lipinski definition) is 1. The van der Waals surface area contributed by atoms with E-state index >= 15 is 0 Å². The molecule has 1 atom stereocenters. The molecule has 7 nitrogen and oxygen atoms in total. The first kappa shape index (κ1) is 23.0. The molecule has 2 amide bonds. The number of aryl methyl sites for hydroxylation is 4. The Morgan fingerprint density at radius 1 is 1.03 bits per heavy atom. The van der Waals surface area contributed by atoms with Crippen LogP contribution in [0.3, 0.4) is 0 Å². The second-order valence-electron chi connectivity index (χ2n) is 9.13. The van der Waals surface area contributed by atoms with Gasteiger partial charge < -0.3 is 10.2 Å². The maximum absolute atomic E-state index is 13.2. The van der Waals surface area contributed by atoms with Gasteiger partial charge >= 0.3 is 0 Å². The van der Waals surface area contributed by atoms with Crippen LogP contribution in [0.4, 0.5) is 11.5 Å². The zero-order valence-corrected chi connectivity index (χ0v) is 21.0. The van der Waals surface area contributed by atoms with E-state index in [1.807, 2.05) is 62.5 Å². The smallest absolute Gasteiger partial charge is 0.230 e. The van der Waals surface area contributed by atoms with Crippen molar-refractivity contribution in [3.05, 3.63) is 76.3 Å². The van der Waals surface area contributed by atoms with Crippen molar-refractivity contribution in [1.29, 1.82) is 0 Å². The minimum absolute atomic E-state index is 0.0410. The summed E-state index contributed by atoms with van der Waals surface area (Å²) in [5.41, 5.74) is 6.98. The van der Waals surface area contributed by atoms with Crippen LogP contribution in [0.5, 0.6) is 0 Å². The molecule has 35 heavy (non-hydrogen) atoms. The Balaban J connectivity index is 1.33. The van der Waals surface area contributed by atoms with Gasteiger partial charge in [0.2, 0.25) is 16.9 Å². The number of rotatable bonds is 5. The summed E-state index contributed by atoms with van der Waals surface area (Å²) in [6, 6.07) is 16.0. The van der Waals surface area contributed by atoms with E-state index < -0.39 is 5.92 Å². The van der Waals surface area contributed by atoms with Gasteiger partial charge in [0.1, 0.15) is 5.82 Å². The molecule has 2 aromatic carbocycles. The Bertz CT molecular complexity index is 1420. The molecule has 3 heterocycles. The molecule has 4 aromatic rings. The quantitative estimate of drug-likeness (QED) is 0.420. The summed E-state index contributed by atoms with van der Waals surface area (Å²) in [6.45, 7) is 8.35. The summed E-state index contributed by atoms with van der Waals surface area (Å²) >= 11 is 1.46. The van der Waals surface area contributed by atoms with Crippen LogP contribution in [0.1, 0.15) is 28.8 Å². The summed E-state index contributed by atoms with van der Waals surface area (Å²) in [5, 5.41) is 10.2. The highest BCUT2D eigenvalue weighted by Gasteiger charge is 2.35. The highest BCUT2D eigenvalue weighted by Crippen LogP contribution is 2.29. The van der Waals surface area contributed by atoms with Gasteiger partial charge in [0, 0.05) is 35.7 Å². The van der Waals surface area contributed by atoms with Crippen LogP contribution >= 0.6 is 11.3 Å². The molecule has 1 fully saturated rings. The third kappa shape index (κ3) is 4.61. The topological polar surface area (TPSA) is 80.1 Å². The van der Waals surface area contributed by atoms with E-state index in [4.69, 9.17) is 4.98 Å². The van der Waals surface area contributed by atoms with Crippen molar-refractivity contribution in [2.75, 3.05) is 16.8 Å². The fourth-order valence-electron chi connectivity index (χ4n) is 4.21. The predicted molar refractivity (Wildman–Crippen MR) is 139 cm³/mol. The minimum Gasteiger partial charge on any atom is -0.312 e. The number of nitrogens with zero attached hydrogens (tertiary/aromatic N) is 4. The van der Waals surface area contributed by atoms with Crippen LogP contribution in [0, 0.1) is 33.6 Å². The molecule has 0 unspecified atom stereocenters. The van der Waals surface area contributed by atoms with E-state index in [1.54, 1.807) is 9.58 Å². The van der Waals surface area contributed by atoms with E-state index in [0.29, 0.717) is 17.5 Å². The molecule has 1 aliphatic heterocycles. The lowest BCUT2D eigenvalue weighted by molar-refractivity contribution is -0.122. The Morgan fingerprint density at radius 3 is 2.54 bits per heavy atom. The standard InChI is InChI=1S/C27H27N5O2S/c1-16-5-8-20(9-6-16)23-15-35-27(28-23)32-24(12-19(4)30-32)29-26(34)21-13-25(33)31(14-21)22-10-7-17(2)18(3)11-22/h5-12,15,21H,13-14H2,1-4H3,(H,29,34)/t21-/m1/s1. The van der Waals surface area contributed by atoms with Crippen LogP contribution < -0.4 is 10.2 Å². The Hall–Kier alpha value is -3.78. The lowest BCUT2D eigenvalue weighted by atomic mass is 10.1. The zero-order chi connectivity index (χ0) is 24.7. The second kappa shape index (κ2) is 9.11. The summed E-state index contributed by atoms with van der Waals surface area (Å²) in [5.74, 6) is -0.122. The lowest BCUT2D eigenvalue weighted by Gasteiger charge is -2.18. The van der Waals surface area contributed by atoms with Gasteiger partial charge in [-0.3, -0.25) is 9.59 Å². The minimum atomic E-state index is -0.438. The number of carbonyl (C=O) groups excluding carboxylic acids is 2. The van der Waals surface area contributed by atoms with Crippen molar-refractivity contribution >= 4 is 34.7 Å². The van der Waals surface area contributed by atoms with Crippen molar-refractivity contribution in [2.24, 2.45) is 5.92 Å². The number of nitrogens with one attached hydrogen (secondary N) is 1. The molecule has 8 heteroatoms. The molecule has 1 saturated heterocycles. The summed E-state index contributed by atoms with van der Waals surface area (Å²) in [4.78, 5) is 32.3. The normalized spacial score (nSPS) is 15.6. The van der Waals surface area contributed by atoms with Crippen molar-refractivity contribution in [3.63, 3.8) is 0 Å². The average molecular weight is 486 g/mol. The molecule has 0 aliphatic carbocycles. The first-order valence-corrected chi connectivity index (χ1v) is 12.4. The molecule has 5 rings (SSSR count). The van der Waals surface area contributed by atoms with Crippen molar-refractivity contribution in [2.45, 2.75) is 34.1 Å². The average Bonchev–Trinajstić information content (AvgIpc) is 3.55. The number of anilines is 2. The predicted octanol–water partition coefficient (Wildman–Crippen LogP) is 5.22. The van der Waals surface area contributed by atoms with Crippen LogP contribution in [0.2, 0.25) is 0 Å². The summed E-state index contributed by atoms with van der Waals surface area (Å²) < 4.78 is 1.66. The van der Waals surface area contributed by atoms with Crippen molar-refractivity contribution < 1.29 is 9.59 Å². The first-order valence-electron chi connectivity index (χ1n) is 11.6. The third-order valence-corrected chi connectivity index (χ3v) is 7.22. The van der Waals surface area contributed by atoms with E-state index in [-0.39, 0.29) is 18.2 Å². The van der Waals surface area contributed by atoms with Gasteiger partial charge in [-0.2, -0.15) is 9.78 Å². The Morgan fingerprint density at radius 2 is 1.80 bits per heavy atom. The number of thiazole rings is 1. The Labute approximate surface area is 208 Å². The van der Waals surface area contributed by atoms with Gasteiger partial charge in [-0.1, -0.05) is 35.9 Å². The Kier molecular flexibility index (Phi) is 5.98. The number of carbonyl (C=O) groups is 2. The van der Waals surface area contributed by atoms with Gasteiger partial charge in [-0.05, 0) is 51.0 Å². The number of aromatic nitrogens is 3. The molecule has 2 aromatic heterocycles. The van der Waals surface area contributed by atoms with E-state index in [9.17, 15) is 9.59 Å². The van der Waals surface area contributed by atoms with Crippen LogP contribution in [-0.2, 0) is 9.59 Å². The van der Waals surface area contributed by atoms with Crippen molar-refractivity contribution in [3.8, 4) is 16.4 Å². The van der Waals surface area contributed by atoms with Gasteiger partial charge in [0.25, 0.3) is 0 Å². The summed E-state index contributed by atoms with van der Waals surface area (Å²) in [6.07, 6.45) is 0.181. The van der Waals surface area contributed by atoms with Gasteiger partial charge in [-0.25, -0.2) is 4.98 Å². The number of hydrogen-bond acceptors (Lipinski definition) is 5. The molecule has 0 radical (unpaired) electrons. The molecule has 0 bridgehead atoms. The maximum Gasteiger partial charge on any atom is 0.230 e. The number of amides is 2. The summed E-state index contributed by atoms with van der Waals surface area (Å²) in [7, 11) is 0. The van der Waals surface area contributed by atoms with Crippen LogP contribution in [0.15, 0.2) is 53.9 Å². The molecule has 0 spiro atoms. The van der Waals surface area contributed by atoms with E-state index in [1.165, 1.54) is 22.5 Å². The van der Waals surface area contributed by atoms with Gasteiger partial charge in [0.05, 0.1) is 17.3 Å². The van der Waals surface area contributed by atoms with Crippen molar-refractivity contribution in [1.82, 2.24) is 14.8 Å². The molecule has 1 N–H and O–H groups in total. The maximum atomic E-state index is 13.2.